The van der Waals surface area contributed by atoms with E-state index in [-0.39, 0.29) is 12.3 Å². The fraction of sp³-hybridized carbons (Fsp3) is 0.267. The number of amides is 1. The number of anilines is 1. The first kappa shape index (κ1) is 14.8. The Labute approximate surface area is 122 Å². The van der Waals surface area contributed by atoms with Gasteiger partial charge in [-0.1, -0.05) is 18.2 Å². The predicted octanol–water partition coefficient (Wildman–Crippen LogP) is 1.70. The maximum absolute atomic E-state index is 12.3. The molecule has 0 spiro atoms. The third-order valence-corrected chi connectivity index (χ3v) is 3.25. The fourth-order valence-corrected chi connectivity index (χ4v) is 1.92. The number of hydrogen-bond donors (Lipinski definition) is 1. The van der Waals surface area contributed by atoms with Crippen LogP contribution in [0.2, 0.25) is 0 Å². The van der Waals surface area contributed by atoms with Crippen LogP contribution in [-0.2, 0) is 23.0 Å². The lowest BCUT2D eigenvalue weighted by Gasteiger charge is -2.03. The van der Waals surface area contributed by atoms with Crippen molar-refractivity contribution in [2.75, 3.05) is 12.4 Å². The second-order valence-corrected chi connectivity index (χ2v) is 4.59. The Balaban J connectivity index is 2.22. The number of rotatable bonds is 4. The van der Waals surface area contributed by atoms with Gasteiger partial charge in [0.05, 0.1) is 7.11 Å². The lowest BCUT2D eigenvalue weighted by molar-refractivity contribution is -0.139. The molecular weight excluding hydrogens is 270 g/mol. The molecule has 1 N–H and O–H groups in total. The van der Waals surface area contributed by atoms with Gasteiger partial charge in [0.2, 0.25) is 0 Å². The Kier molecular flexibility index (Phi) is 4.37. The molecule has 1 aromatic heterocycles. The number of hydrogen-bond acceptors (Lipinski definition) is 4. The molecule has 0 radical (unpaired) electrons. The summed E-state index contributed by atoms with van der Waals surface area (Å²) in [5, 5.41) is 2.78. The van der Waals surface area contributed by atoms with E-state index in [1.54, 1.807) is 30.7 Å². The molecule has 1 aromatic carbocycles. The third-order valence-electron chi connectivity index (χ3n) is 3.25. The Hall–Kier alpha value is -2.63. The molecule has 0 aliphatic carbocycles. The molecule has 1 heterocycles. The van der Waals surface area contributed by atoms with Crippen LogP contribution in [0.25, 0.3) is 0 Å². The molecule has 0 bridgehead atoms. The summed E-state index contributed by atoms with van der Waals surface area (Å²) in [6.45, 7) is 1.79. The number of benzene rings is 1. The Morgan fingerprint density at radius 3 is 2.57 bits per heavy atom. The lowest BCUT2D eigenvalue weighted by atomic mass is 10.3. The monoisotopic (exact) mass is 287 g/mol. The van der Waals surface area contributed by atoms with Crippen molar-refractivity contribution in [3.63, 3.8) is 0 Å². The second-order valence-electron chi connectivity index (χ2n) is 4.59. The zero-order chi connectivity index (χ0) is 15.4. The van der Waals surface area contributed by atoms with E-state index in [2.05, 4.69) is 15.0 Å². The van der Waals surface area contributed by atoms with Gasteiger partial charge in [-0.25, -0.2) is 4.98 Å². The lowest BCUT2D eigenvalue weighted by Crippen LogP contribution is -2.14. The molecule has 0 atom stereocenters. The third kappa shape index (κ3) is 3.28. The van der Waals surface area contributed by atoms with Gasteiger partial charge in [-0.2, -0.15) is 0 Å². The van der Waals surface area contributed by atoms with Crippen LogP contribution in [0.1, 0.15) is 22.0 Å². The molecule has 6 heteroatoms. The van der Waals surface area contributed by atoms with Gasteiger partial charge in [-0.3, -0.25) is 9.59 Å². The van der Waals surface area contributed by atoms with Gasteiger partial charge in [0, 0.05) is 18.4 Å². The van der Waals surface area contributed by atoms with Crippen LogP contribution in [0, 0.1) is 6.92 Å². The number of carbonyl (C=O) groups is 2. The van der Waals surface area contributed by atoms with Crippen LogP contribution in [0.4, 0.5) is 5.69 Å². The number of carbonyl (C=O) groups excluding carboxylic acids is 2. The molecule has 1 amide bonds. The van der Waals surface area contributed by atoms with Gasteiger partial charge in [0.1, 0.15) is 17.9 Å². The molecule has 0 fully saturated rings. The van der Waals surface area contributed by atoms with Gasteiger partial charge >= 0.3 is 5.97 Å². The summed E-state index contributed by atoms with van der Waals surface area (Å²) in [6.07, 6.45) is 0.0342. The van der Waals surface area contributed by atoms with Crippen molar-refractivity contribution in [3.8, 4) is 0 Å². The number of para-hydroxylation sites is 1. The number of methoxy groups -OCH3 is 1. The number of ether oxygens (including phenoxy) is 1. The van der Waals surface area contributed by atoms with E-state index in [1.165, 1.54) is 7.11 Å². The number of aromatic nitrogens is 2. The highest BCUT2D eigenvalue weighted by Gasteiger charge is 2.19. The fourth-order valence-electron chi connectivity index (χ4n) is 1.92. The highest BCUT2D eigenvalue weighted by atomic mass is 16.5. The van der Waals surface area contributed by atoms with Crippen molar-refractivity contribution >= 4 is 17.6 Å². The van der Waals surface area contributed by atoms with E-state index in [0.29, 0.717) is 22.9 Å². The number of nitrogens with one attached hydrogen (secondary N) is 1. The molecule has 0 aliphatic heterocycles. The second kappa shape index (κ2) is 6.21. The van der Waals surface area contributed by atoms with Gasteiger partial charge in [-0.15, -0.1) is 0 Å². The minimum absolute atomic E-state index is 0.0342. The molecule has 110 valence electrons. The maximum Gasteiger partial charge on any atom is 0.313 e. The van der Waals surface area contributed by atoms with Crippen LogP contribution in [0.3, 0.4) is 0 Å². The largest absolute Gasteiger partial charge is 0.469 e. The molecular formula is C15H17N3O3. The quantitative estimate of drug-likeness (QED) is 0.869. The van der Waals surface area contributed by atoms with Crippen LogP contribution < -0.4 is 5.32 Å². The summed E-state index contributed by atoms with van der Waals surface area (Å²) in [5.74, 6) is -0.193. The van der Waals surface area contributed by atoms with E-state index < -0.39 is 5.97 Å². The normalized spacial score (nSPS) is 10.2. The van der Waals surface area contributed by atoms with Gasteiger partial charge in [-0.05, 0) is 19.1 Å². The van der Waals surface area contributed by atoms with Crippen LogP contribution in [0.15, 0.2) is 30.3 Å². The van der Waals surface area contributed by atoms with Crippen LogP contribution >= 0.6 is 0 Å². The van der Waals surface area contributed by atoms with E-state index in [9.17, 15) is 9.59 Å². The average molecular weight is 287 g/mol. The maximum atomic E-state index is 12.3. The van der Waals surface area contributed by atoms with Crippen molar-refractivity contribution in [2.45, 2.75) is 13.3 Å². The first-order chi connectivity index (χ1) is 10.0. The average Bonchev–Trinajstić information content (AvgIpc) is 2.76. The Morgan fingerprint density at radius 2 is 1.95 bits per heavy atom. The highest BCUT2D eigenvalue weighted by Crippen LogP contribution is 2.13. The topological polar surface area (TPSA) is 73.2 Å². The summed E-state index contributed by atoms with van der Waals surface area (Å²) in [6, 6.07) is 9.14. The number of nitrogens with zero attached hydrogens (tertiary/aromatic N) is 2. The molecule has 2 aromatic rings. The highest BCUT2D eigenvalue weighted by molar-refractivity contribution is 6.03. The first-order valence-corrected chi connectivity index (χ1v) is 6.48. The molecule has 0 saturated heterocycles. The van der Waals surface area contributed by atoms with Crippen molar-refractivity contribution in [2.24, 2.45) is 7.05 Å². The molecule has 21 heavy (non-hydrogen) atoms. The zero-order valence-electron chi connectivity index (χ0n) is 12.2. The standard InChI is InChI=1S/C15H17N3O3/c1-10-14(15(20)16-11-7-5-4-6-8-11)17-12(18(10)2)9-13(19)21-3/h4-8H,9H2,1-3H3,(H,16,20). The molecule has 0 aliphatic rings. The van der Waals surface area contributed by atoms with Gasteiger partial charge in [0.15, 0.2) is 0 Å². The minimum Gasteiger partial charge on any atom is -0.469 e. The van der Waals surface area contributed by atoms with E-state index in [4.69, 9.17) is 0 Å². The summed E-state index contributed by atoms with van der Waals surface area (Å²) >= 11 is 0. The summed E-state index contributed by atoms with van der Waals surface area (Å²) < 4.78 is 6.34. The van der Waals surface area contributed by atoms with Crippen molar-refractivity contribution in [1.29, 1.82) is 0 Å². The predicted molar refractivity (Wildman–Crippen MR) is 78.1 cm³/mol. The van der Waals surface area contributed by atoms with E-state index in [1.807, 2.05) is 18.2 Å². The van der Waals surface area contributed by atoms with Crippen molar-refractivity contribution < 1.29 is 14.3 Å². The molecule has 2 rings (SSSR count). The summed E-state index contributed by atoms with van der Waals surface area (Å²) in [4.78, 5) is 27.8. The first-order valence-electron chi connectivity index (χ1n) is 6.48. The molecule has 0 unspecified atom stereocenters. The smallest absolute Gasteiger partial charge is 0.313 e. The zero-order valence-corrected chi connectivity index (χ0v) is 12.2. The van der Waals surface area contributed by atoms with Crippen molar-refractivity contribution in [3.05, 3.63) is 47.5 Å². The van der Waals surface area contributed by atoms with E-state index >= 15 is 0 Å². The summed E-state index contributed by atoms with van der Waals surface area (Å²) in [7, 11) is 3.08. The SMILES string of the molecule is COC(=O)Cc1nc(C(=O)Nc2ccccc2)c(C)n1C. The number of esters is 1. The number of imidazole rings is 1. The molecule has 6 nitrogen and oxygen atoms in total. The summed E-state index contributed by atoms with van der Waals surface area (Å²) in [5.41, 5.74) is 1.70. The van der Waals surface area contributed by atoms with Crippen LogP contribution in [-0.4, -0.2) is 28.5 Å². The van der Waals surface area contributed by atoms with E-state index in [0.717, 1.165) is 0 Å². The molecule has 0 saturated carbocycles. The Bertz CT molecular complexity index is 662. The van der Waals surface area contributed by atoms with Crippen LogP contribution in [0.5, 0.6) is 0 Å². The van der Waals surface area contributed by atoms with Gasteiger partial charge in [0.25, 0.3) is 5.91 Å². The Morgan fingerprint density at radius 1 is 1.29 bits per heavy atom. The van der Waals surface area contributed by atoms with Gasteiger partial charge < -0.3 is 14.6 Å². The minimum atomic E-state index is -0.391. The van der Waals surface area contributed by atoms with Crippen molar-refractivity contribution in [1.82, 2.24) is 9.55 Å².